The number of hydrogen-bond donors (Lipinski definition) is 2. The molecule has 4 heteroatoms. The number of anilines is 1. The highest BCUT2D eigenvalue weighted by molar-refractivity contribution is 5.58. The van der Waals surface area contributed by atoms with Gasteiger partial charge in [-0.05, 0) is 42.2 Å². The Morgan fingerprint density at radius 1 is 1.15 bits per heavy atom. The van der Waals surface area contributed by atoms with E-state index in [0.29, 0.717) is 19.2 Å². The van der Waals surface area contributed by atoms with Crippen LogP contribution < -0.4 is 15.0 Å². The zero-order chi connectivity index (χ0) is 18.4. The Morgan fingerprint density at radius 3 is 2.73 bits per heavy atom. The summed E-state index contributed by atoms with van der Waals surface area (Å²) in [5, 5.41) is 13.2. The van der Waals surface area contributed by atoms with E-state index >= 15 is 0 Å². The average molecular weight is 354 g/mol. The number of rotatable bonds is 8. The van der Waals surface area contributed by atoms with Crippen LogP contribution in [0.2, 0.25) is 0 Å². The fourth-order valence-electron chi connectivity index (χ4n) is 3.33. The van der Waals surface area contributed by atoms with Crippen molar-refractivity contribution in [3.8, 4) is 5.75 Å². The molecule has 1 aliphatic heterocycles. The molecule has 0 saturated carbocycles. The summed E-state index contributed by atoms with van der Waals surface area (Å²) in [7, 11) is 0. The normalized spacial score (nSPS) is 15.0. The molecule has 26 heavy (non-hydrogen) atoms. The smallest absolute Gasteiger partial charge is 0.119 e. The first-order valence-corrected chi connectivity index (χ1v) is 9.58. The molecule has 0 amide bonds. The summed E-state index contributed by atoms with van der Waals surface area (Å²) in [5.41, 5.74) is 3.97. The standard InChI is InChI=1S/C22H30N2O2/c1-17(2)23-14-20(25)16-26-21-10-11-22-19(13-21)9-6-12-24(22)15-18-7-4-3-5-8-18/h3-5,7-8,10-11,13,17,20,23,25H,6,9,12,14-16H2,1-2H3. The van der Waals surface area contributed by atoms with Crippen LogP contribution >= 0.6 is 0 Å². The van der Waals surface area contributed by atoms with E-state index in [1.54, 1.807) is 0 Å². The second-order valence-corrected chi connectivity index (χ2v) is 7.33. The number of nitrogens with one attached hydrogen (secondary N) is 1. The Bertz CT molecular complexity index is 688. The van der Waals surface area contributed by atoms with Crippen molar-refractivity contribution in [2.24, 2.45) is 0 Å². The molecule has 2 aromatic carbocycles. The zero-order valence-electron chi connectivity index (χ0n) is 15.8. The molecule has 0 saturated heterocycles. The van der Waals surface area contributed by atoms with Crippen molar-refractivity contribution in [2.75, 3.05) is 24.6 Å². The number of hydrogen-bond acceptors (Lipinski definition) is 4. The van der Waals surface area contributed by atoms with Crippen molar-refractivity contribution >= 4 is 5.69 Å². The number of benzene rings is 2. The summed E-state index contributed by atoms with van der Waals surface area (Å²) < 4.78 is 5.81. The summed E-state index contributed by atoms with van der Waals surface area (Å²) in [5.74, 6) is 0.842. The quantitative estimate of drug-likeness (QED) is 0.763. The van der Waals surface area contributed by atoms with Crippen molar-refractivity contribution in [3.63, 3.8) is 0 Å². The van der Waals surface area contributed by atoms with E-state index in [2.05, 4.69) is 66.5 Å². The average Bonchev–Trinajstić information content (AvgIpc) is 2.65. The Kier molecular flexibility index (Phi) is 6.53. The third-order valence-electron chi connectivity index (χ3n) is 4.69. The lowest BCUT2D eigenvalue weighted by molar-refractivity contribution is 0.104. The van der Waals surface area contributed by atoms with Gasteiger partial charge in [-0.2, -0.15) is 0 Å². The van der Waals surface area contributed by atoms with Gasteiger partial charge < -0.3 is 20.1 Å². The number of fused-ring (bicyclic) bond motifs is 1. The van der Waals surface area contributed by atoms with Crippen LogP contribution in [0.4, 0.5) is 5.69 Å². The van der Waals surface area contributed by atoms with E-state index in [0.717, 1.165) is 31.7 Å². The molecule has 4 nitrogen and oxygen atoms in total. The van der Waals surface area contributed by atoms with Gasteiger partial charge in [-0.1, -0.05) is 44.2 Å². The van der Waals surface area contributed by atoms with E-state index < -0.39 is 6.10 Å². The summed E-state index contributed by atoms with van der Waals surface area (Å²) in [6.07, 6.45) is 1.74. The number of ether oxygens (including phenoxy) is 1. The summed E-state index contributed by atoms with van der Waals surface area (Å²) in [6, 6.07) is 17.3. The SMILES string of the molecule is CC(C)NCC(O)COc1ccc2c(c1)CCCN2Cc1ccccc1. The van der Waals surface area contributed by atoms with Gasteiger partial charge in [0.05, 0.1) is 0 Å². The first-order valence-electron chi connectivity index (χ1n) is 9.58. The van der Waals surface area contributed by atoms with Crippen molar-refractivity contribution in [2.45, 2.75) is 45.4 Å². The molecule has 2 N–H and O–H groups in total. The summed E-state index contributed by atoms with van der Waals surface area (Å²) in [4.78, 5) is 2.44. The lowest BCUT2D eigenvalue weighted by atomic mass is 10.0. The topological polar surface area (TPSA) is 44.7 Å². The molecule has 0 fully saturated rings. The second-order valence-electron chi connectivity index (χ2n) is 7.33. The highest BCUT2D eigenvalue weighted by Crippen LogP contribution is 2.31. The van der Waals surface area contributed by atoms with E-state index in [9.17, 15) is 5.11 Å². The molecule has 1 heterocycles. The fourth-order valence-corrected chi connectivity index (χ4v) is 3.33. The van der Waals surface area contributed by atoms with Gasteiger partial charge in [0, 0.05) is 31.4 Å². The van der Waals surface area contributed by atoms with Crippen LogP contribution in [0, 0.1) is 0 Å². The molecule has 0 bridgehead atoms. The van der Waals surface area contributed by atoms with E-state index in [4.69, 9.17) is 4.74 Å². The molecule has 1 atom stereocenters. The third-order valence-corrected chi connectivity index (χ3v) is 4.69. The fraction of sp³-hybridized carbons (Fsp3) is 0.455. The van der Waals surface area contributed by atoms with Crippen LogP contribution in [-0.2, 0) is 13.0 Å². The third kappa shape index (κ3) is 5.23. The predicted octanol–water partition coefficient (Wildman–Crippen LogP) is 3.38. The van der Waals surface area contributed by atoms with Gasteiger partial charge in [0.25, 0.3) is 0 Å². The number of aliphatic hydroxyl groups excluding tert-OH is 1. The molecule has 2 aromatic rings. The largest absolute Gasteiger partial charge is 0.491 e. The van der Waals surface area contributed by atoms with Crippen LogP contribution in [0.1, 0.15) is 31.4 Å². The minimum absolute atomic E-state index is 0.312. The minimum atomic E-state index is -0.497. The highest BCUT2D eigenvalue weighted by Gasteiger charge is 2.18. The van der Waals surface area contributed by atoms with Crippen LogP contribution in [0.5, 0.6) is 5.75 Å². The zero-order valence-corrected chi connectivity index (χ0v) is 15.8. The summed E-state index contributed by atoms with van der Waals surface area (Å²) >= 11 is 0. The Morgan fingerprint density at radius 2 is 1.96 bits per heavy atom. The molecule has 140 valence electrons. The lowest BCUT2D eigenvalue weighted by Gasteiger charge is -2.31. The van der Waals surface area contributed by atoms with Gasteiger partial charge in [-0.15, -0.1) is 0 Å². The molecule has 0 radical (unpaired) electrons. The molecule has 1 unspecified atom stereocenters. The van der Waals surface area contributed by atoms with Crippen LogP contribution in [-0.4, -0.2) is 36.9 Å². The molecule has 3 rings (SSSR count). The maximum Gasteiger partial charge on any atom is 0.119 e. The van der Waals surface area contributed by atoms with Crippen molar-refractivity contribution in [1.82, 2.24) is 5.32 Å². The van der Waals surface area contributed by atoms with Crippen LogP contribution in [0.25, 0.3) is 0 Å². The first-order chi connectivity index (χ1) is 12.6. The number of nitrogens with zero attached hydrogens (tertiary/aromatic N) is 1. The molecular weight excluding hydrogens is 324 g/mol. The maximum absolute atomic E-state index is 10.0. The number of aliphatic hydroxyl groups is 1. The lowest BCUT2D eigenvalue weighted by Crippen LogP contribution is -2.35. The Hall–Kier alpha value is -2.04. The number of aryl methyl sites for hydroxylation is 1. The Labute approximate surface area is 156 Å². The first kappa shape index (κ1) is 18.7. The molecule has 0 aliphatic carbocycles. The van der Waals surface area contributed by atoms with Gasteiger partial charge in [0.2, 0.25) is 0 Å². The van der Waals surface area contributed by atoms with Crippen molar-refractivity contribution < 1.29 is 9.84 Å². The molecule has 0 aromatic heterocycles. The van der Waals surface area contributed by atoms with Gasteiger partial charge in [0.15, 0.2) is 0 Å². The van der Waals surface area contributed by atoms with Crippen LogP contribution in [0.3, 0.4) is 0 Å². The molecule has 0 spiro atoms. The van der Waals surface area contributed by atoms with E-state index in [1.807, 2.05) is 6.07 Å². The van der Waals surface area contributed by atoms with Crippen molar-refractivity contribution in [1.29, 1.82) is 0 Å². The minimum Gasteiger partial charge on any atom is -0.491 e. The van der Waals surface area contributed by atoms with E-state index in [-0.39, 0.29) is 0 Å². The van der Waals surface area contributed by atoms with Crippen molar-refractivity contribution in [3.05, 3.63) is 59.7 Å². The van der Waals surface area contributed by atoms with Gasteiger partial charge in [0.1, 0.15) is 18.5 Å². The van der Waals surface area contributed by atoms with E-state index in [1.165, 1.54) is 16.8 Å². The summed E-state index contributed by atoms with van der Waals surface area (Å²) in [6.45, 7) is 7.02. The van der Waals surface area contributed by atoms with Gasteiger partial charge in [-0.3, -0.25) is 0 Å². The van der Waals surface area contributed by atoms with Crippen LogP contribution in [0.15, 0.2) is 48.5 Å². The molecular formula is C22H30N2O2. The molecule has 1 aliphatic rings. The van der Waals surface area contributed by atoms with Gasteiger partial charge in [-0.25, -0.2) is 0 Å². The Balaban J connectivity index is 1.61. The monoisotopic (exact) mass is 354 g/mol. The highest BCUT2D eigenvalue weighted by atomic mass is 16.5. The second kappa shape index (κ2) is 9.06. The van der Waals surface area contributed by atoms with Gasteiger partial charge >= 0.3 is 0 Å². The predicted molar refractivity (Wildman–Crippen MR) is 107 cm³/mol. The maximum atomic E-state index is 10.0.